The van der Waals surface area contributed by atoms with Crippen molar-refractivity contribution in [2.75, 3.05) is 6.61 Å². The number of amides is 1. The smallest absolute Gasteiger partial charge is 0.422 e. The Morgan fingerprint density at radius 1 is 1.13 bits per heavy atom. The zero-order valence-corrected chi connectivity index (χ0v) is 17.2. The Balaban J connectivity index is 1.89. The van der Waals surface area contributed by atoms with Crippen molar-refractivity contribution >= 4 is 16.8 Å². The number of nitrogens with one attached hydrogen (secondary N) is 1. The second-order valence-electron chi connectivity index (χ2n) is 7.73. The molecule has 164 valence electrons. The van der Waals surface area contributed by atoms with Crippen molar-refractivity contribution in [2.24, 2.45) is 0 Å². The summed E-state index contributed by atoms with van der Waals surface area (Å²) in [5.41, 5.74) is 0.860. The van der Waals surface area contributed by atoms with Crippen molar-refractivity contribution in [1.29, 1.82) is 0 Å². The molecule has 6 nitrogen and oxygen atoms in total. The fraction of sp³-hybridized carbons (Fsp3) is 0.318. The molecule has 1 amide bonds. The standard InChI is InChI=1S/C22H22F3N3O3/c1-13(21(2,3)30)27-20(29)18-9-6-15-10-26-11-17(19(15)28-18)14-4-7-16(8-5-14)31-12-22(23,24)25/h4-11,13,30H,12H2,1-3H3,(H,27,29). The average molecular weight is 433 g/mol. The maximum absolute atomic E-state index is 12.6. The minimum atomic E-state index is -4.41. The first-order valence-electron chi connectivity index (χ1n) is 9.52. The van der Waals surface area contributed by atoms with E-state index in [4.69, 9.17) is 4.74 Å². The number of aliphatic hydroxyl groups is 1. The van der Waals surface area contributed by atoms with E-state index in [0.29, 0.717) is 22.0 Å². The number of alkyl halides is 3. The summed E-state index contributed by atoms with van der Waals surface area (Å²) in [6, 6.07) is 8.85. The van der Waals surface area contributed by atoms with E-state index in [2.05, 4.69) is 15.3 Å². The van der Waals surface area contributed by atoms with E-state index in [1.807, 2.05) is 0 Å². The summed E-state index contributed by atoms with van der Waals surface area (Å²) in [6.45, 7) is 3.51. The van der Waals surface area contributed by atoms with Gasteiger partial charge in [0.2, 0.25) is 0 Å². The number of halogens is 3. The zero-order chi connectivity index (χ0) is 22.8. The summed E-state index contributed by atoms with van der Waals surface area (Å²) in [5, 5.41) is 13.5. The third-order valence-electron chi connectivity index (χ3n) is 4.81. The average Bonchev–Trinajstić information content (AvgIpc) is 2.70. The van der Waals surface area contributed by atoms with Crippen molar-refractivity contribution in [3.05, 3.63) is 54.5 Å². The number of carbonyl (C=O) groups excluding carboxylic acids is 1. The first-order valence-corrected chi connectivity index (χ1v) is 9.52. The molecule has 9 heteroatoms. The third kappa shape index (κ3) is 5.69. The minimum Gasteiger partial charge on any atom is -0.484 e. The molecule has 2 N–H and O–H groups in total. The molecule has 1 atom stereocenters. The molecule has 31 heavy (non-hydrogen) atoms. The maximum Gasteiger partial charge on any atom is 0.422 e. The number of hydrogen-bond donors (Lipinski definition) is 2. The van der Waals surface area contributed by atoms with E-state index < -0.39 is 30.3 Å². The number of rotatable bonds is 6. The summed E-state index contributed by atoms with van der Waals surface area (Å²) in [4.78, 5) is 21.2. The highest BCUT2D eigenvalue weighted by Gasteiger charge is 2.28. The van der Waals surface area contributed by atoms with Crippen molar-refractivity contribution < 1.29 is 27.8 Å². The molecule has 0 aliphatic rings. The largest absolute Gasteiger partial charge is 0.484 e. The SMILES string of the molecule is CC(NC(=O)c1ccc2cncc(-c3ccc(OCC(F)(F)F)cc3)c2n1)C(C)(C)O. The molecular formula is C22H22F3N3O3. The Kier molecular flexibility index (Phi) is 6.17. The molecule has 0 aliphatic heterocycles. The van der Waals surface area contributed by atoms with Crippen LogP contribution in [0.2, 0.25) is 0 Å². The van der Waals surface area contributed by atoms with Gasteiger partial charge in [0.05, 0.1) is 17.2 Å². The number of pyridine rings is 2. The van der Waals surface area contributed by atoms with Crippen LogP contribution in [0, 0.1) is 0 Å². The first kappa shape index (κ1) is 22.5. The lowest BCUT2D eigenvalue weighted by Crippen LogP contribution is -2.47. The van der Waals surface area contributed by atoms with Gasteiger partial charge in [-0.1, -0.05) is 12.1 Å². The van der Waals surface area contributed by atoms with E-state index in [-0.39, 0.29) is 11.4 Å². The normalized spacial score (nSPS) is 13.1. The Bertz CT molecular complexity index is 1080. The first-order chi connectivity index (χ1) is 14.4. The topological polar surface area (TPSA) is 84.3 Å². The molecule has 0 fully saturated rings. The number of ether oxygens (including phenoxy) is 1. The number of fused-ring (bicyclic) bond motifs is 1. The highest BCUT2D eigenvalue weighted by Crippen LogP contribution is 2.28. The van der Waals surface area contributed by atoms with Gasteiger partial charge in [0.1, 0.15) is 11.4 Å². The number of carbonyl (C=O) groups is 1. The van der Waals surface area contributed by atoms with E-state index >= 15 is 0 Å². The predicted molar refractivity (Wildman–Crippen MR) is 110 cm³/mol. The molecule has 0 saturated carbocycles. The second-order valence-corrected chi connectivity index (χ2v) is 7.73. The molecule has 0 saturated heterocycles. The van der Waals surface area contributed by atoms with Crippen molar-refractivity contribution in [1.82, 2.24) is 15.3 Å². The molecule has 2 aromatic heterocycles. The molecule has 3 aromatic rings. The lowest BCUT2D eigenvalue weighted by molar-refractivity contribution is -0.153. The zero-order valence-electron chi connectivity index (χ0n) is 17.2. The van der Waals surface area contributed by atoms with Gasteiger partial charge < -0.3 is 15.2 Å². The van der Waals surface area contributed by atoms with E-state index in [9.17, 15) is 23.1 Å². The predicted octanol–water partition coefficient (Wildman–Crippen LogP) is 4.13. The van der Waals surface area contributed by atoms with Crippen LogP contribution in [0.3, 0.4) is 0 Å². The van der Waals surface area contributed by atoms with Crippen LogP contribution in [0.1, 0.15) is 31.3 Å². The molecular weight excluding hydrogens is 411 g/mol. The summed E-state index contributed by atoms with van der Waals surface area (Å²) >= 11 is 0. The van der Waals surface area contributed by atoms with Gasteiger partial charge >= 0.3 is 6.18 Å². The number of hydrogen-bond acceptors (Lipinski definition) is 5. The Morgan fingerprint density at radius 3 is 2.42 bits per heavy atom. The molecule has 2 heterocycles. The van der Waals surface area contributed by atoms with Gasteiger partial charge in [-0.15, -0.1) is 0 Å². The molecule has 1 unspecified atom stereocenters. The molecule has 0 radical (unpaired) electrons. The number of benzene rings is 1. The quantitative estimate of drug-likeness (QED) is 0.611. The minimum absolute atomic E-state index is 0.0860. The van der Waals surface area contributed by atoms with Gasteiger partial charge in [-0.3, -0.25) is 9.78 Å². The maximum atomic E-state index is 12.6. The van der Waals surface area contributed by atoms with E-state index in [0.717, 1.165) is 0 Å². The van der Waals surface area contributed by atoms with Gasteiger partial charge in [0, 0.05) is 23.3 Å². The van der Waals surface area contributed by atoms with Crippen LogP contribution in [-0.2, 0) is 0 Å². The van der Waals surface area contributed by atoms with Gasteiger partial charge in [0.25, 0.3) is 5.91 Å². The van der Waals surface area contributed by atoms with Gasteiger partial charge in [0.15, 0.2) is 6.61 Å². The second kappa shape index (κ2) is 8.50. The molecule has 0 spiro atoms. The summed E-state index contributed by atoms with van der Waals surface area (Å²) < 4.78 is 41.7. The summed E-state index contributed by atoms with van der Waals surface area (Å²) in [7, 11) is 0. The molecule has 0 bridgehead atoms. The highest BCUT2D eigenvalue weighted by atomic mass is 19.4. The van der Waals surface area contributed by atoms with Gasteiger partial charge in [-0.05, 0) is 50.6 Å². The molecule has 1 aromatic carbocycles. The lowest BCUT2D eigenvalue weighted by atomic mass is 10.0. The molecule has 0 aliphatic carbocycles. The van der Waals surface area contributed by atoms with Crippen molar-refractivity contribution in [3.63, 3.8) is 0 Å². The van der Waals surface area contributed by atoms with Gasteiger partial charge in [-0.25, -0.2) is 4.98 Å². The molecule has 3 rings (SSSR count). The fourth-order valence-corrected chi connectivity index (χ4v) is 2.72. The summed E-state index contributed by atoms with van der Waals surface area (Å²) in [5.74, 6) is -0.349. The van der Waals surface area contributed by atoms with Crippen LogP contribution in [0.25, 0.3) is 22.0 Å². The van der Waals surface area contributed by atoms with Crippen LogP contribution in [0.4, 0.5) is 13.2 Å². The van der Waals surface area contributed by atoms with Crippen LogP contribution in [0.15, 0.2) is 48.8 Å². The van der Waals surface area contributed by atoms with E-state index in [1.54, 1.807) is 57.4 Å². The van der Waals surface area contributed by atoms with Crippen LogP contribution in [-0.4, -0.2) is 45.4 Å². The summed E-state index contributed by atoms with van der Waals surface area (Å²) in [6.07, 6.45) is -1.24. The number of aromatic nitrogens is 2. The van der Waals surface area contributed by atoms with Crippen molar-refractivity contribution in [2.45, 2.75) is 38.6 Å². The lowest BCUT2D eigenvalue weighted by Gasteiger charge is -2.26. The highest BCUT2D eigenvalue weighted by molar-refractivity contribution is 5.98. The third-order valence-corrected chi connectivity index (χ3v) is 4.81. The van der Waals surface area contributed by atoms with Crippen molar-refractivity contribution in [3.8, 4) is 16.9 Å². The van der Waals surface area contributed by atoms with Crippen LogP contribution < -0.4 is 10.1 Å². The van der Waals surface area contributed by atoms with Crippen LogP contribution >= 0.6 is 0 Å². The van der Waals surface area contributed by atoms with E-state index in [1.165, 1.54) is 12.1 Å². The number of nitrogens with zero attached hydrogens (tertiary/aromatic N) is 2. The Labute approximate surface area is 177 Å². The Hall–Kier alpha value is -3.20. The Morgan fingerprint density at radius 2 is 1.81 bits per heavy atom. The fourth-order valence-electron chi connectivity index (χ4n) is 2.72. The van der Waals surface area contributed by atoms with Crippen LogP contribution in [0.5, 0.6) is 5.75 Å². The van der Waals surface area contributed by atoms with Gasteiger partial charge in [-0.2, -0.15) is 13.2 Å². The monoisotopic (exact) mass is 433 g/mol.